The number of halogens is 4. The smallest absolute Gasteiger partial charge is 0.324 e. The van der Waals surface area contributed by atoms with Crippen LogP contribution in [-0.4, -0.2) is 17.1 Å². The van der Waals surface area contributed by atoms with E-state index in [1.54, 1.807) is 19.1 Å². The number of rotatable bonds is 4. The normalized spacial score (nSPS) is 12.1. The highest BCUT2D eigenvalue weighted by Crippen LogP contribution is 2.22. The van der Waals surface area contributed by atoms with Crippen molar-refractivity contribution in [2.24, 2.45) is 5.92 Å². The maximum Gasteiger partial charge on any atom is 0.386 e. The molecule has 1 unspecified atom stereocenters. The van der Waals surface area contributed by atoms with Crippen LogP contribution in [0.4, 0.5) is 23.2 Å². The van der Waals surface area contributed by atoms with Gasteiger partial charge in [0.25, 0.3) is 0 Å². The molecule has 29 heavy (non-hydrogen) atoms. The Hall–Kier alpha value is -2.96. The van der Waals surface area contributed by atoms with E-state index in [-0.39, 0.29) is 24.6 Å². The summed E-state index contributed by atoms with van der Waals surface area (Å²) in [6, 6.07) is 15.2. The van der Waals surface area contributed by atoms with Crippen molar-refractivity contribution in [1.82, 2.24) is 4.98 Å². The van der Waals surface area contributed by atoms with Gasteiger partial charge in [-0.3, -0.25) is 9.78 Å². The highest BCUT2D eigenvalue weighted by Gasteiger charge is 2.16. The Balaban J connectivity index is 0.000000537. The lowest BCUT2D eigenvalue weighted by Gasteiger charge is -2.13. The van der Waals surface area contributed by atoms with Crippen LogP contribution in [0.2, 0.25) is 0 Å². The first-order chi connectivity index (χ1) is 13.5. The number of hydrogen-bond donors (Lipinski definition) is 1. The summed E-state index contributed by atoms with van der Waals surface area (Å²) in [5, 5.41) is 3.54. The molecule has 0 fully saturated rings. The maximum absolute atomic E-state index is 14.0. The molecule has 0 saturated heterocycles. The van der Waals surface area contributed by atoms with E-state index in [0.717, 1.165) is 5.56 Å². The van der Waals surface area contributed by atoms with Gasteiger partial charge in [0.05, 0.1) is 11.9 Å². The molecule has 1 amide bonds. The molecule has 7 heteroatoms. The molecule has 0 radical (unpaired) electrons. The molecule has 1 heterocycles. The Morgan fingerprint density at radius 1 is 1.14 bits per heavy atom. The number of nitrogens with zero attached hydrogens (tertiary/aromatic N) is 1. The number of aromatic nitrogens is 1. The van der Waals surface area contributed by atoms with E-state index in [4.69, 9.17) is 0 Å². The van der Waals surface area contributed by atoms with Crippen molar-refractivity contribution in [3.05, 3.63) is 71.7 Å². The topological polar surface area (TPSA) is 42.0 Å². The van der Waals surface area contributed by atoms with Crippen molar-refractivity contribution in [1.29, 1.82) is 0 Å². The Morgan fingerprint density at radius 3 is 2.38 bits per heavy atom. The SMILES string of the molecule is CC(F)(F)F.Cc1ccc2cc(NC(=O)C(C)Cc3ccccc3)cnc2c1F. The number of fused-ring (bicyclic) bond motifs is 1. The standard InChI is InChI=1S/C20H19FN2O.C2H3F3/c1-13-8-9-16-11-17(12-22-19(16)18(13)21)23-20(24)14(2)10-15-6-4-3-5-7-15;1-2(3,4)5/h3-9,11-12,14H,10H2,1-2H3,(H,23,24);1H3. The maximum atomic E-state index is 14.0. The number of amides is 1. The van der Waals surface area contributed by atoms with Crippen LogP contribution >= 0.6 is 0 Å². The lowest BCUT2D eigenvalue weighted by molar-refractivity contribution is -0.119. The zero-order valence-corrected chi connectivity index (χ0v) is 16.3. The largest absolute Gasteiger partial charge is 0.386 e. The molecule has 0 bridgehead atoms. The van der Waals surface area contributed by atoms with Gasteiger partial charge < -0.3 is 5.32 Å². The number of alkyl halides is 3. The molecule has 3 nitrogen and oxygen atoms in total. The van der Waals surface area contributed by atoms with E-state index in [0.29, 0.717) is 28.6 Å². The molecular weight excluding hydrogens is 384 g/mol. The minimum Gasteiger partial charge on any atom is -0.324 e. The third-order valence-corrected chi connectivity index (χ3v) is 4.08. The average molecular weight is 406 g/mol. The number of hydrogen-bond acceptors (Lipinski definition) is 2. The summed E-state index contributed by atoms with van der Waals surface area (Å²) in [5.41, 5.74) is 2.58. The number of carbonyl (C=O) groups is 1. The highest BCUT2D eigenvalue weighted by atomic mass is 19.4. The van der Waals surface area contributed by atoms with Crippen LogP contribution in [0, 0.1) is 18.7 Å². The molecule has 1 N–H and O–H groups in total. The van der Waals surface area contributed by atoms with Crippen LogP contribution in [-0.2, 0) is 11.2 Å². The van der Waals surface area contributed by atoms with Gasteiger partial charge in [0, 0.05) is 18.2 Å². The monoisotopic (exact) mass is 406 g/mol. The summed E-state index contributed by atoms with van der Waals surface area (Å²) in [6.07, 6.45) is -1.83. The van der Waals surface area contributed by atoms with Gasteiger partial charge in [0.2, 0.25) is 5.91 Å². The van der Waals surface area contributed by atoms with Crippen LogP contribution in [0.3, 0.4) is 0 Å². The van der Waals surface area contributed by atoms with Gasteiger partial charge in [-0.1, -0.05) is 49.4 Å². The van der Waals surface area contributed by atoms with Crippen LogP contribution in [0.5, 0.6) is 0 Å². The lowest BCUT2D eigenvalue weighted by atomic mass is 10.0. The Bertz CT molecular complexity index is 966. The number of nitrogens with one attached hydrogen (secondary N) is 1. The Kier molecular flexibility index (Phi) is 7.31. The average Bonchev–Trinajstić information content (AvgIpc) is 2.64. The molecule has 0 aliphatic carbocycles. The van der Waals surface area contributed by atoms with Crippen molar-refractivity contribution >= 4 is 22.5 Å². The lowest BCUT2D eigenvalue weighted by Crippen LogP contribution is -2.22. The minimum absolute atomic E-state index is 0.0763. The minimum atomic E-state index is -4.00. The van der Waals surface area contributed by atoms with E-state index < -0.39 is 6.18 Å². The zero-order valence-electron chi connectivity index (χ0n) is 16.3. The number of pyridine rings is 1. The Morgan fingerprint density at radius 2 is 1.76 bits per heavy atom. The molecular formula is C22H22F4N2O. The predicted molar refractivity (Wildman–Crippen MR) is 106 cm³/mol. The first kappa shape index (κ1) is 22.3. The van der Waals surface area contributed by atoms with E-state index in [1.165, 1.54) is 6.20 Å². The van der Waals surface area contributed by atoms with Crippen LogP contribution in [0.15, 0.2) is 54.7 Å². The Labute approximate surface area is 166 Å². The van der Waals surface area contributed by atoms with E-state index >= 15 is 0 Å². The molecule has 1 aromatic heterocycles. The van der Waals surface area contributed by atoms with Gasteiger partial charge in [-0.15, -0.1) is 0 Å². The van der Waals surface area contributed by atoms with Gasteiger partial charge in [-0.25, -0.2) is 4.39 Å². The fourth-order valence-corrected chi connectivity index (χ4v) is 2.66. The molecule has 0 aliphatic rings. The van der Waals surface area contributed by atoms with Crippen LogP contribution < -0.4 is 5.32 Å². The van der Waals surface area contributed by atoms with Gasteiger partial charge in [0.1, 0.15) is 5.52 Å². The number of aryl methyl sites for hydroxylation is 1. The number of carbonyl (C=O) groups excluding carboxylic acids is 1. The second-order valence-corrected chi connectivity index (χ2v) is 6.85. The van der Waals surface area contributed by atoms with Gasteiger partial charge in [0.15, 0.2) is 5.82 Å². The van der Waals surface area contributed by atoms with E-state index in [2.05, 4.69) is 10.3 Å². The molecule has 0 aliphatic heterocycles. The highest BCUT2D eigenvalue weighted by molar-refractivity contribution is 5.94. The molecule has 3 rings (SSSR count). The second-order valence-electron chi connectivity index (χ2n) is 6.85. The van der Waals surface area contributed by atoms with E-state index in [9.17, 15) is 22.4 Å². The summed E-state index contributed by atoms with van der Waals surface area (Å²) in [6.45, 7) is 3.78. The molecule has 2 aromatic carbocycles. The van der Waals surface area contributed by atoms with Crippen LogP contribution in [0.25, 0.3) is 10.9 Å². The van der Waals surface area contributed by atoms with Gasteiger partial charge in [-0.05, 0) is 30.5 Å². The van der Waals surface area contributed by atoms with Crippen molar-refractivity contribution in [2.45, 2.75) is 33.4 Å². The fourth-order valence-electron chi connectivity index (χ4n) is 2.66. The first-order valence-electron chi connectivity index (χ1n) is 9.01. The second kappa shape index (κ2) is 9.49. The predicted octanol–water partition coefficient (Wildman–Crippen LogP) is 6.07. The fraction of sp³-hybridized carbons (Fsp3) is 0.273. The molecule has 1 atom stereocenters. The molecule has 0 saturated carbocycles. The molecule has 154 valence electrons. The third kappa shape index (κ3) is 7.18. The van der Waals surface area contributed by atoms with Crippen LogP contribution in [0.1, 0.15) is 25.0 Å². The number of anilines is 1. The van der Waals surface area contributed by atoms with E-state index in [1.807, 2.05) is 43.3 Å². The summed E-state index contributed by atoms with van der Waals surface area (Å²) in [5.74, 6) is -0.562. The summed E-state index contributed by atoms with van der Waals surface area (Å²) < 4.78 is 45.1. The summed E-state index contributed by atoms with van der Waals surface area (Å²) in [7, 11) is 0. The van der Waals surface area contributed by atoms with Crippen molar-refractivity contribution in [3.8, 4) is 0 Å². The first-order valence-corrected chi connectivity index (χ1v) is 9.01. The summed E-state index contributed by atoms with van der Waals surface area (Å²) >= 11 is 0. The van der Waals surface area contributed by atoms with Gasteiger partial charge in [-0.2, -0.15) is 13.2 Å². The summed E-state index contributed by atoms with van der Waals surface area (Å²) in [4.78, 5) is 16.5. The van der Waals surface area contributed by atoms with Crippen molar-refractivity contribution in [2.75, 3.05) is 5.32 Å². The quantitative estimate of drug-likeness (QED) is 0.535. The molecule has 0 spiro atoms. The van der Waals surface area contributed by atoms with Crippen molar-refractivity contribution < 1.29 is 22.4 Å². The number of benzene rings is 2. The molecule has 3 aromatic rings. The van der Waals surface area contributed by atoms with Crippen molar-refractivity contribution in [3.63, 3.8) is 0 Å². The zero-order chi connectivity index (χ0) is 21.6. The third-order valence-electron chi connectivity index (χ3n) is 4.08. The van der Waals surface area contributed by atoms with Gasteiger partial charge >= 0.3 is 6.18 Å².